The summed E-state index contributed by atoms with van der Waals surface area (Å²) in [5.41, 5.74) is -0.178. The van der Waals surface area contributed by atoms with Gasteiger partial charge in [-0.1, -0.05) is 0 Å². The highest BCUT2D eigenvalue weighted by atomic mass is 19.1. The van der Waals surface area contributed by atoms with Gasteiger partial charge in [0.05, 0.1) is 24.0 Å². The Kier molecular flexibility index (Phi) is 5.16. The van der Waals surface area contributed by atoms with Crippen LogP contribution >= 0.6 is 0 Å². The van der Waals surface area contributed by atoms with E-state index < -0.39 is 28.8 Å². The number of hydrogen-bond donors (Lipinski definition) is 1. The van der Waals surface area contributed by atoms with Gasteiger partial charge in [-0.25, -0.2) is 13.6 Å². The molecule has 0 spiro atoms. The second-order valence-corrected chi connectivity index (χ2v) is 5.81. The van der Waals surface area contributed by atoms with Crippen LogP contribution in [0, 0.1) is 11.6 Å². The summed E-state index contributed by atoms with van der Waals surface area (Å²) in [6, 6.07) is 6.42. The number of pyridine rings is 1. The quantitative estimate of drug-likeness (QED) is 0.656. The Hall–Kier alpha value is -3.62. The summed E-state index contributed by atoms with van der Waals surface area (Å²) >= 11 is 0. The highest BCUT2D eigenvalue weighted by Gasteiger charge is 2.15. The van der Waals surface area contributed by atoms with Gasteiger partial charge in [0.1, 0.15) is 5.56 Å². The summed E-state index contributed by atoms with van der Waals surface area (Å²) in [6.07, 6.45) is 1.27. The van der Waals surface area contributed by atoms with Gasteiger partial charge in [0.25, 0.3) is 0 Å². The molecule has 1 N–H and O–H groups in total. The van der Waals surface area contributed by atoms with Gasteiger partial charge in [-0.3, -0.25) is 4.79 Å². The molecule has 0 amide bonds. The smallest absolute Gasteiger partial charge is 0.341 e. The Labute approximate surface area is 157 Å². The van der Waals surface area contributed by atoms with E-state index in [1.165, 1.54) is 18.3 Å². The molecule has 2 aromatic carbocycles. The van der Waals surface area contributed by atoms with Crippen LogP contribution < -0.4 is 10.2 Å². The molecule has 0 aliphatic heterocycles. The number of rotatable bonds is 5. The van der Waals surface area contributed by atoms with Crippen LogP contribution in [0.3, 0.4) is 0 Å². The molecule has 0 atom stereocenters. The largest absolute Gasteiger partial charge is 0.491 e. The summed E-state index contributed by atoms with van der Waals surface area (Å²) in [4.78, 5) is 23.6. The minimum Gasteiger partial charge on any atom is -0.491 e. The monoisotopic (exact) mass is 387 g/mol. The van der Waals surface area contributed by atoms with E-state index >= 15 is 0 Å². The van der Waals surface area contributed by atoms with Crippen molar-refractivity contribution in [3.8, 4) is 5.75 Å². The molecular weight excluding hydrogens is 372 g/mol. The average Bonchev–Trinajstić information content (AvgIpc) is 2.66. The molecule has 3 aromatic rings. The van der Waals surface area contributed by atoms with Gasteiger partial charge in [-0.2, -0.15) is 10.2 Å². The highest BCUT2D eigenvalue weighted by molar-refractivity contribution is 5.93. The van der Waals surface area contributed by atoms with Crippen molar-refractivity contribution in [2.24, 2.45) is 10.2 Å². The van der Waals surface area contributed by atoms with E-state index in [4.69, 9.17) is 0 Å². The van der Waals surface area contributed by atoms with E-state index in [0.717, 1.165) is 19.2 Å². The second kappa shape index (κ2) is 7.55. The van der Waals surface area contributed by atoms with Gasteiger partial charge in [-0.15, -0.1) is 0 Å². The maximum atomic E-state index is 13.7. The standard InChI is InChI=1S/C19H15F2N3O4/c1-3-24-9-13(19(26)27)17(25)12-5-4-10(8-16(12)24)22-23-11-6-14(20)18(28-2)15(21)7-11/h4-9H,3H2,1-2H3,(H,26,27). The first-order valence-electron chi connectivity index (χ1n) is 8.21. The molecule has 0 saturated carbocycles. The Morgan fingerprint density at radius 2 is 1.79 bits per heavy atom. The Balaban J connectivity index is 2.06. The number of fused-ring (bicyclic) bond motifs is 1. The predicted octanol–water partition coefficient (Wildman–Crippen LogP) is 4.42. The molecule has 0 fully saturated rings. The van der Waals surface area contributed by atoms with Crippen molar-refractivity contribution in [3.05, 3.63) is 63.9 Å². The predicted molar refractivity (Wildman–Crippen MR) is 97.9 cm³/mol. The van der Waals surface area contributed by atoms with E-state index in [9.17, 15) is 23.5 Å². The van der Waals surface area contributed by atoms with Crippen molar-refractivity contribution in [2.75, 3.05) is 7.11 Å². The molecule has 1 aromatic heterocycles. The summed E-state index contributed by atoms with van der Waals surface area (Å²) in [5.74, 6) is -3.63. The van der Waals surface area contributed by atoms with Gasteiger partial charge in [0, 0.05) is 30.3 Å². The minimum absolute atomic E-state index is 0.0509. The van der Waals surface area contributed by atoms with Crippen molar-refractivity contribution >= 4 is 28.2 Å². The summed E-state index contributed by atoms with van der Waals surface area (Å²) in [7, 11) is 1.15. The molecule has 7 nitrogen and oxygen atoms in total. The number of aryl methyl sites for hydroxylation is 1. The molecule has 0 radical (unpaired) electrons. The van der Waals surface area contributed by atoms with Crippen molar-refractivity contribution in [3.63, 3.8) is 0 Å². The van der Waals surface area contributed by atoms with Crippen molar-refractivity contribution < 1.29 is 23.4 Å². The second-order valence-electron chi connectivity index (χ2n) is 5.81. The molecule has 28 heavy (non-hydrogen) atoms. The number of azo groups is 1. The number of halogens is 2. The van der Waals surface area contributed by atoms with Crippen molar-refractivity contribution in [1.82, 2.24) is 4.57 Å². The molecule has 144 valence electrons. The van der Waals surface area contributed by atoms with Crippen LogP contribution in [-0.4, -0.2) is 22.8 Å². The Bertz CT molecular complexity index is 1150. The fourth-order valence-corrected chi connectivity index (χ4v) is 2.77. The SMILES string of the molecule is CCn1cc(C(=O)O)c(=O)c2ccc(N=Nc3cc(F)c(OC)c(F)c3)cc21. The third kappa shape index (κ3) is 3.46. The molecule has 3 rings (SSSR count). The highest BCUT2D eigenvalue weighted by Crippen LogP contribution is 2.28. The zero-order valence-corrected chi connectivity index (χ0v) is 14.9. The number of methoxy groups -OCH3 is 1. The van der Waals surface area contributed by atoms with E-state index in [-0.39, 0.29) is 16.6 Å². The number of ether oxygens (including phenoxy) is 1. The third-order valence-corrected chi connectivity index (χ3v) is 4.10. The van der Waals surface area contributed by atoms with E-state index in [1.807, 2.05) is 0 Å². The van der Waals surface area contributed by atoms with Crippen LogP contribution in [-0.2, 0) is 6.54 Å². The lowest BCUT2D eigenvalue weighted by Gasteiger charge is -2.10. The lowest BCUT2D eigenvalue weighted by molar-refractivity contribution is 0.0695. The minimum atomic E-state index is -1.30. The van der Waals surface area contributed by atoms with Crippen molar-refractivity contribution in [2.45, 2.75) is 13.5 Å². The first-order chi connectivity index (χ1) is 13.3. The number of carboxylic acid groups (broad SMARTS) is 1. The van der Waals surface area contributed by atoms with E-state index in [1.54, 1.807) is 17.6 Å². The summed E-state index contributed by atoms with van der Waals surface area (Å²) in [5, 5.41) is 17.2. The summed E-state index contributed by atoms with van der Waals surface area (Å²) in [6.45, 7) is 2.22. The number of aromatic carboxylic acids is 1. The topological polar surface area (TPSA) is 93.2 Å². The van der Waals surface area contributed by atoms with Crippen molar-refractivity contribution in [1.29, 1.82) is 0 Å². The lowest BCUT2D eigenvalue weighted by atomic mass is 10.1. The van der Waals surface area contributed by atoms with Gasteiger partial charge >= 0.3 is 5.97 Å². The van der Waals surface area contributed by atoms with Gasteiger partial charge in [-0.05, 0) is 25.1 Å². The maximum absolute atomic E-state index is 13.7. The Morgan fingerprint density at radius 1 is 1.14 bits per heavy atom. The zero-order valence-electron chi connectivity index (χ0n) is 14.9. The van der Waals surface area contributed by atoms with Crippen LogP contribution in [0.1, 0.15) is 17.3 Å². The zero-order chi connectivity index (χ0) is 20.4. The van der Waals surface area contributed by atoms with Crippen LogP contribution in [0.5, 0.6) is 5.75 Å². The van der Waals surface area contributed by atoms with E-state index in [2.05, 4.69) is 15.0 Å². The first kappa shape index (κ1) is 19.2. The first-order valence-corrected chi connectivity index (χ1v) is 8.21. The fourth-order valence-electron chi connectivity index (χ4n) is 2.77. The van der Waals surface area contributed by atoms with Crippen LogP contribution in [0.2, 0.25) is 0 Å². The molecule has 0 saturated heterocycles. The van der Waals surface area contributed by atoms with Crippen LogP contribution in [0.4, 0.5) is 20.2 Å². The molecule has 0 aliphatic rings. The fraction of sp³-hybridized carbons (Fsp3) is 0.158. The number of nitrogens with zero attached hydrogens (tertiary/aromatic N) is 3. The molecule has 9 heteroatoms. The van der Waals surface area contributed by atoms with Crippen LogP contribution in [0.25, 0.3) is 10.9 Å². The Morgan fingerprint density at radius 3 is 2.36 bits per heavy atom. The normalized spacial score (nSPS) is 11.3. The summed E-state index contributed by atoms with van der Waals surface area (Å²) < 4.78 is 33.7. The van der Waals surface area contributed by atoms with E-state index in [0.29, 0.717) is 17.7 Å². The number of hydrogen-bond acceptors (Lipinski definition) is 5. The average molecular weight is 387 g/mol. The van der Waals surface area contributed by atoms with Gasteiger partial charge in [0.15, 0.2) is 17.4 Å². The molecule has 0 aliphatic carbocycles. The van der Waals surface area contributed by atoms with Crippen LogP contribution in [0.15, 0.2) is 51.6 Å². The lowest BCUT2D eigenvalue weighted by Crippen LogP contribution is -2.18. The maximum Gasteiger partial charge on any atom is 0.341 e. The van der Waals surface area contributed by atoms with Gasteiger partial charge in [0.2, 0.25) is 5.43 Å². The molecule has 1 heterocycles. The van der Waals surface area contributed by atoms with Gasteiger partial charge < -0.3 is 14.4 Å². The third-order valence-electron chi connectivity index (χ3n) is 4.10. The molecular formula is C19H15F2N3O4. The molecule has 0 bridgehead atoms. The number of aromatic nitrogens is 1. The number of benzene rings is 2. The molecule has 0 unspecified atom stereocenters. The number of carbonyl (C=O) groups is 1. The number of carboxylic acids is 1.